The number of rotatable bonds is 6. The van der Waals surface area contributed by atoms with Gasteiger partial charge in [0.15, 0.2) is 0 Å². The molecule has 0 radical (unpaired) electrons. The van der Waals surface area contributed by atoms with E-state index in [-0.39, 0.29) is 16.2 Å². The van der Waals surface area contributed by atoms with E-state index in [1.807, 2.05) is 6.92 Å². The molecule has 0 saturated heterocycles. The summed E-state index contributed by atoms with van der Waals surface area (Å²) in [7, 11) is 0. The molecule has 0 aliphatic rings. The Morgan fingerprint density at radius 3 is 2.78 bits per heavy atom. The first-order valence-corrected chi connectivity index (χ1v) is 6.65. The Kier molecular flexibility index (Phi) is 5.53. The van der Waals surface area contributed by atoms with Gasteiger partial charge < -0.3 is 5.32 Å². The number of hydrogen-bond acceptors (Lipinski definition) is 3. The number of halogens is 2. The summed E-state index contributed by atoms with van der Waals surface area (Å²) in [6.45, 7) is 4.04. The Labute approximate surface area is 114 Å². The molecule has 0 saturated carbocycles. The molecule has 0 spiro atoms. The normalized spacial score (nSPS) is 12.2. The van der Waals surface area contributed by atoms with Crippen molar-refractivity contribution < 1.29 is 9.31 Å². The fraction of sp³-hybridized carbons (Fsp3) is 0.500. The van der Waals surface area contributed by atoms with Gasteiger partial charge in [0.05, 0.1) is 15.5 Å². The van der Waals surface area contributed by atoms with E-state index in [9.17, 15) is 14.5 Å². The highest BCUT2D eigenvalue weighted by atomic mass is 79.9. The molecular formula is C12H16BrFN2O2. The third kappa shape index (κ3) is 3.94. The van der Waals surface area contributed by atoms with Crippen LogP contribution in [0.1, 0.15) is 33.1 Å². The van der Waals surface area contributed by atoms with E-state index in [1.165, 1.54) is 6.07 Å². The molecule has 18 heavy (non-hydrogen) atoms. The lowest BCUT2D eigenvalue weighted by molar-refractivity contribution is -0.384. The molecule has 0 aromatic heterocycles. The first-order valence-electron chi connectivity index (χ1n) is 5.85. The van der Waals surface area contributed by atoms with Crippen LogP contribution in [-0.4, -0.2) is 11.0 Å². The molecule has 6 heteroatoms. The van der Waals surface area contributed by atoms with Gasteiger partial charge in [0.25, 0.3) is 5.69 Å². The maximum absolute atomic E-state index is 13.3. The van der Waals surface area contributed by atoms with Crippen molar-refractivity contribution in [3.05, 3.63) is 32.5 Å². The first-order chi connectivity index (χ1) is 8.45. The van der Waals surface area contributed by atoms with E-state index in [1.54, 1.807) is 0 Å². The minimum Gasteiger partial charge on any atom is -0.377 e. The third-order valence-electron chi connectivity index (χ3n) is 2.63. The number of hydrogen-bond donors (Lipinski definition) is 1. The summed E-state index contributed by atoms with van der Waals surface area (Å²) in [6.07, 6.45) is 3.04. The van der Waals surface area contributed by atoms with Crippen LogP contribution in [0.3, 0.4) is 0 Å². The number of nitrogens with one attached hydrogen (secondary N) is 1. The second-order valence-electron chi connectivity index (χ2n) is 4.23. The molecule has 1 aromatic carbocycles. The Balaban J connectivity index is 2.93. The predicted molar refractivity (Wildman–Crippen MR) is 73.4 cm³/mol. The van der Waals surface area contributed by atoms with Crippen LogP contribution >= 0.6 is 15.9 Å². The molecule has 1 rings (SSSR count). The predicted octanol–water partition coefficient (Wildman–Crippen LogP) is 4.49. The molecule has 0 heterocycles. The molecule has 1 aromatic rings. The van der Waals surface area contributed by atoms with Gasteiger partial charge in [-0.05, 0) is 35.3 Å². The summed E-state index contributed by atoms with van der Waals surface area (Å²) in [6, 6.07) is 2.45. The topological polar surface area (TPSA) is 55.2 Å². The number of anilines is 1. The molecule has 1 N–H and O–H groups in total. The van der Waals surface area contributed by atoms with Crippen molar-refractivity contribution >= 4 is 27.3 Å². The molecule has 0 aliphatic carbocycles. The van der Waals surface area contributed by atoms with E-state index >= 15 is 0 Å². The average molecular weight is 319 g/mol. The monoisotopic (exact) mass is 318 g/mol. The van der Waals surface area contributed by atoms with E-state index in [0.29, 0.717) is 5.69 Å². The van der Waals surface area contributed by atoms with E-state index < -0.39 is 10.7 Å². The Bertz CT molecular complexity index is 440. The molecular weight excluding hydrogens is 303 g/mol. The Hall–Kier alpha value is -1.17. The van der Waals surface area contributed by atoms with Gasteiger partial charge in [-0.2, -0.15) is 0 Å². The van der Waals surface area contributed by atoms with Crippen LogP contribution in [0.2, 0.25) is 0 Å². The van der Waals surface area contributed by atoms with Crippen LogP contribution in [0, 0.1) is 15.9 Å². The highest BCUT2D eigenvalue weighted by molar-refractivity contribution is 9.10. The number of benzene rings is 1. The van der Waals surface area contributed by atoms with Gasteiger partial charge >= 0.3 is 0 Å². The molecule has 0 amide bonds. The summed E-state index contributed by atoms with van der Waals surface area (Å²) in [5, 5.41) is 13.9. The summed E-state index contributed by atoms with van der Waals surface area (Å²) in [4.78, 5) is 10.3. The minimum atomic E-state index is -0.631. The fourth-order valence-electron chi connectivity index (χ4n) is 1.65. The molecule has 1 atom stereocenters. The maximum atomic E-state index is 13.3. The van der Waals surface area contributed by atoms with Crippen molar-refractivity contribution in [2.75, 3.05) is 5.32 Å². The van der Waals surface area contributed by atoms with E-state index in [4.69, 9.17) is 0 Å². The first kappa shape index (κ1) is 14.9. The zero-order valence-electron chi connectivity index (χ0n) is 10.4. The molecule has 0 aliphatic heterocycles. The second kappa shape index (κ2) is 6.68. The Morgan fingerprint density at radius 2 is 2.22 bits per heavy atom. The van der Waals surface area contributed by atoms with E-state index in [0.717, 1.165) is 25.3 Å². The van der Waals surface area contributed by atoms with Crippen molar-refractivity contribution in [1.29, 1.82) is 0 Å². The van der Waals surface area contributed by atoms with Gasteiger partial charge in [-0.3, -0.25) is 10.1 Å². The van der Waals surface area contributed by atoms with Crippen molar-refractivity contribution in [1.82, 2.24) is 0 Å². The number of unbranched alkanes of at least 4 members (excludes halogenated alkanes) is 1. The number of nitro benzene ring substituents is 1. The smallest absolute Gasteiger partial charge is 0.295 e. The minimum absolute atomic E-state index is 0.112. The van der Waals surface area contributed by atoms with Gasteiger partial charge in [0.2, 0.25) is 0 Å². The molecule has 4 nitrogen and oxygen atoms in total. The van der Waals surface area contributed by atoms with Crippen molar-refractivity contribution in [2.24, 2.45) is 0 Å². The van der Waals surface area contributed by atoms with Crippen LogP contribution in [-0.2, 0) is 0 Å². The maximum Gasteiger partial charge on any atom is 0.295 e. The largest absolute Gasteiger partial charge is 0.377 e. The summed E-state index contributed by atoms with van der Waals surface area (Å²) in [5.74, 6) is -0.631. The number of nitro groups is 1. The van der Waals surface area contributed by atoms with Crippen LogP contribution in [0.5, 0.6) is 0 Å². The van der Waals surface area contributed by atoms with Crippen molar-refractivity contribution in [3.63, 3.8) is 0 Å². The van der Waals surface area contributed by atoms with E-state index in [2.05, 4.69) is 28.2 Å². The molecule has 100 valence electrons. The van der Waals surface area contributed by atoms with Gasteiger partial charge in [-0.1, -0.05) is 19.8 Å². The summed E-state index contributed by atoms with van der Waals surface area (Å²) < 4.78 is 13.5. The zero-order chi connectivity index (χ0) is 13.7. The third-order valence-corrected chi connectivity index (χ3v) is 3.24. The highest BCUT2D eigenvalue weighted by Gasteiger charge is 2.18. The van der Waals surface area contributed by atoms with Crippen molar-refractivity contribution in [2.45, 2.75) is 39.2 Å². The molecule has 0 bridgehead atoms. The SMILES string of the molecule is CCCCC(C)Nc1cc(Br)c(F)cc1[N+](=O)[O-]. The van der Waals surface area contributed by atoms with Crippen LogP contribution < -0.4 is 5.32 Å². The number of nitrogens with zero attached hydrogens (tertiary/aromatic N) is 1. The lowest BCUT2D eigenvalue weighted by Gasteiger charge is -2.15. The van der Waals surface area contributed by atoms with Crippen LogP contribution in [0.25, 0.3) is 0 Å². The lowest BCUT2D eigenvalue weighted by atomic mass is 10.1. The summed E-state index contributed by atoms with van der Waals surface area (Å²) >= 11 is 3.03. The zero-order valence-corrected chi connectivity index (χ0v) is 12.0. The van der Waals surface area contributed by atoms with Gasteiger partial charge in [-0.15, -0.1) is 0 Å². The lowest BCUT2D eigenvalue weighted by Crippen LogP contribution is -2.16. The van der Waals surface area contributed by atoms with Gasteiger partial charge in [0, 0.05) is 6.04 Å². The molecule has 0 fully saturated rings. The fourth-order valence-corrected chi connectivity index (χ4v) is 1.99. The Morgan fingerprint density at radius 1 is 1.56 bits per heavy atom. The standard InChI is InChI=1S/C12H16BrFN2O2/c1-3-4-5-8(2)15-11-6-9(13)10(14)7-12(11)16(17)18/h6-8,15H,3-5H2,1-2H3. The van der Waals surface area contributed by atoms with Crippen LogP contribution in [0.15, 0.2) is 16.6 Å². The van der Waals surface area contributed by atoms with Crippen molar-refractivity contribution in [3.8, 4) is 0 Å². The molecule has 1 unspecified atom stereocenters. The van der Waals surface area contributed by atoms with Gasteiger partial charge in [0.1, 0.15) is 11.5 Å². The average Bonchev–Trinajstić information content (AvgIpc) is 2.30. The van der Waals surface area contributed by atoms with Gasteiger partial charge in [-0.25, -0.2) is 4.39 Å². The quantitative estimate of drug-likeness (QED) is 0.621. The van der Waals surface area contributed by atoms with Crippen LogP contribution in [0.4, 0.5) is 15.8 Å². The highest BCUT2D eigenvalue weighted by Crippen LogP contribution is 2.31. The second-order valence-corrected chi connectivity index (χ2v) is 5.08. The summed E-state index contributed by atoms with van der Waals surface area (Å²) in [5.41, 5.74) is 0.107.